The van der Waals surface area contributed by atoms with E-state index in [1.807, 2.05) is 0 Å². The highest BCUT2D eigenvalue weighted by Crippen LogP contribution is 2.13. The monoisotopic (exact) mass is 164 g/mol. The van der Waals surface area contributed by atoms with E-state index in [1.165, 1.54) is 18.5 Å². The van der Waals surface area contributed by atoms with Gasteiger partial charge in [0, 0.05) is 18.5 Å². The number of aromatic carboxylic acids is 1. The lowest BCUT2D eigenvalue weighted by atomic mass is 10.4. The van der Waals surface area contributed by atoms with Crippen LogP contribution in [0.3, 0.4) is 0 Å². The van der Waals surface area contributed by atoms with E-state index in [0.29, 0.717) is 5.52 Å². The molecule has 0 aliphatic carbocycles. The van der Waals surface area contributed by atoms with Crippen molar-refractivity contribution in [3.05, 3.63) is 24.2 Å². The van der Waals surface area contributed by atoms with Gasteiger partial charge in [-0.1, -0.05) is 0 Å². The van der Waals surface area contributed by atoms with Crippen LogP contribution in [0.2, 0.25) is 0 Å². The quantitative estimate of drug-likeness (QED) is 0.678. The lowest BCUT2D eigenvalue weighted by molar-refractivity contribution is 0.0664. The van der Waals surface area contributed by atoms with Crippen molar-refractivity contribution in [2.45, 2.75) is 0 Å². The lowest BCUT2D eigenvalue weighted by Crippen LogP contribution is -1.91. The summed E-state index contributed by atoms with van der Waals surface area (Å²) in [7, 11) is 0. The molecule has 0 unspecified atom stereocenters. The Morgan fingerprint density at radius 2 is 2.17 bits per heavy atom. The number of carbonyl (C=O) groups is 1. The SMILES string of the molecule is O=C(O)c1cc2nccnc2o1. The molecule has 0 amide bonds. The molecule has 0 aliphatic heterocycles. The largest absolute Gasteiger partial charge is 0.475 e. The van der Waals surface area contributed by atoms with E-state index in [2.05, 4.69) is 9.97 Å². The van der Waals surface area contributed by atoms with E-state index >= 15 is 0 Å². The molecule has 0 saturated carbocycles. The minimum atomic E-state index is -1.12. The maximum atomic E-state index is 10.4. The van der Waals surface area contributed by atoms with Crippen LogP contribution in [0.25, 0.3) is 11.2 Å². The van der Waals surface area contributed by atoms with Crippen LogP contribution in [0, 0.1) is 0 Å². The third-order valence-corrected chi connectivity index (χ3v) is 1.38. The third-order valence-electron chi connectivity index (χ3n) is 1.38. The summed E-state index contributed by atoms with van der Waals surface area (Å²) < 4.78 is 4.86. The number of furan rings is 1. The Morgan fingerprint density at radius 3 is 2.83 bits per heavy atom. The van der Waals surface area contributed by atoms with Crippen molar-refractivity contribution >= 4 is 17.2 Å². The molecule has 2 heterocycles. The van der Waals surface area contributed by atoms with Crippen LogP contribution < -0.4 is 0 Å². The van der Waals surface area contributed by atoms with Gasteiger partial charge in [0.25, 0.3) is 0 Å². The first-order valence-corrected chi connectivity index (χ1v) is 3.21. The predicted octanol–water partition coefficient (Wildman–Crippen LogP) is 0.921. The Balaban J connectivity index is 2.70. The molecule has 0 atom stereocenters. The Kier molecular flexibility index (Phi) is 1.30. The summed E-state index contributed by atoms with van der Waals surface area (Å²) in [6.07, 6.45) is 2.92. The predicted molar refractivity (Wildman–Crippen MR) is 38.8 cm³/mol. The van der Waals surface area contributed by atoms with Crippen molar-refractivity contribution in [3.8, 4) is 0 Å². The number of carboxylic acids is 1. The van der Waals surface area contributed by atoms with E-state index in [1.54, 1.807) is 0 Å². The fraction of sp³-hybridized carbons (Fsp3) is 0. The van der Waals surface area contributed by atoms with Crippen molar-refractivity contribution in [2.75, 3.05) is 0 Å². The summed E-state index contributed by atoms with van der Waals surface area (Å²) in [6.45, 7) is 0. The van der Waals surface area contributed by atoms with Crippen LogP contribution in [0.4, 0.5) is 0 Å². The van der Waals surface area contributed by atoms with Gasteiger partial charge in [-0.15, -0.1) is 0 Å². The van der Waals surface area contributed by atoms with Gasteiger partial charge < -0.3 is 9.52 Å². The van der Waals surface area contributed by atoms with Crippen molar-refractivity contribution in [2.24, 2.45) is 0 Å². The number of aromatic nitrogens is 2. The molecule has 5 nitrogen and oxygen atoms in total. The van der Waals surface area contributed by atoms with Gasteiger partial charge >= 0.3 is 5.97 Å². The zero-order chi connectivity index (χ0) is 8.55. The first-order valence-electron chi connectivity index (χ1n) is 3.21. The molecule has 2 aromatic rings. The molecule has 5 heteroatoms. The normalized spacial score (nSPS) is 10.3. The smallest absolute Gasteiger partial charge is 0.371 e. The lowest BCUT2D eigenvalue weighted by Gasteiger charge is -1.81. The summed E-state index contributed by atoms with van der Waals surface area (Å²) >= 11 is 0. The average molecular weight is 164 g/mol. The van der Waals surface area contributed by atoms with Gasteiger partial charge in [0.05, 0.1) is 0 Å². The molecular weight excluding hydrogens is 160 g/mol. The van der Waals surface area contributed by atoms with Crippen LogP contribution in [-0.2, 0) is 0 Å². The molecule has 0 fully saturated rings. The average Bonchev–Trinajstić information content (AvgIpc) is 2.46. The summed E-state index contributed by atoms with van der Waals surface area (Å²) in [5, 5.41) is 8.54. The molecular formula is C7H4N2O3. The van der Waals surface area contributed by atoms with Gasteiger partial charge in [-0.3, -0.25) is 0 Å². The molecule has 12 heavy (non-hydrogen) atoms. The standard InChI is InChI=1S/C7H4N2O3/c10-7(11)5-3-4-6(12-5)9-2-1-8-4/h1-3H,(H,10,11). The summed E-state index contributed by atoms with van der Waals surface area (Å²) in [4.78, 5) is 18.1. The van der Waals surface area contributed by atoms with Crippen LogP contribution >= 0.6 is 0 Å². The minimum Gasteiger partial charge on any atom is -0.475 e. The van der Waals surface area contributed by atoms with Gasteiger partial charge in [-0.05, 0) is 0 Å². The summed E-state index contributed by atoms with van der Waals surface area (Å²) in [5.74, 6) is -1.26. The minimum absolute atomic E-state index is 0.142. The molecule has 60 valence electrons. The van der Waals surface area contributed by atoms with Crippen molar-refractivity contribution in [1.29, 1.82) is 0 Å². The first kappa shape index (κ1) is 6.78. The van der Waals surface area contributed by atoms with Crippen molar-refractivity contribution in [1.82, 2.24) is 9.97 Å². The maximum Gasteiger partial charge on any atom is 0.371 e. The van der Waals surface area contributed by atoms with Gasteiger partial charge in [0.2, 0.25) is 11.5 Å². The van der Waals surface area contributed by atoms with Gasteiger partial charge in [-0.25, -0.2) is 14.8 Å². The number of hydrogen-bond donors (Lipinski definition) is 1. The second-order valence-electron chi connectivity index (χ2n) is 2.16. The van der Waals surface area contributed by atoms with Crippen LogP contribution in [0.15, 0.2) is 22.9 Å². The van der Waals surface area contributed by atoms with Crippen LogP contribution in [0.1, 0.15) is 10.6 Å². The van der Waals surface area contributed by atoms with E-state index in [-0.39, 0.29) is 11.5 Å². The molecule has 2 aromatic heterocycles. The fourth-order valence-electron chi connectivity index (χ4n) is 0.877. The first-order chi connectivity index (χ1) is 5.77. The van der Waals surface area contributed by atoms with Gasteiger partial charge in [-0.2, -0.15) is 0 Å². The Morgan fingerprint density at radius 1 is 1.42 bits per heavy atom. The number of hydrogen-bond acceptors (Lipinski definition) is 4. The van der Waals surface area contributed by atoms with Gasteiger partial charge in [0.1, 0.15) is 5.52 Å². The second-order valence-corrected chi connectivity index (χ2v) is 2.16. The van der Waals surface area contributed by atoms with Crippen molar-refractivity contribution < 1.29 is 14.3 Å². The van der Waals surface area contributed by atoms with Crippen LogP contribution in [-0.4, -0.2) is 21.0 Å². The Bertz CT molecular complexity index is 402. The highest BCUT2D eigenvalue weighted by atomic mass is 16.4. The fourth-order valence-corrected chi connectivity index (χ4v) is 0.877. The van der Waals surface area contributed by atoms with Crippen LogP contribution in [0.5, 0.6) is 0 Å². The number of carboxylic acid groups (broad SMARTS) is 1. The summed E-state index contributed by atoms with van der Waals surface area (Å²) in [5.41, 5.74) is 0.699. The topological polar surface area (TPSA) is 76.2 Å². The highest BCUT2D eigenvalue weighted by molar-refractivity contribution is 5.88. The van der Waals surface area contributed by atoms with Gasteiger partial charge in [0.15, 0.2) is 0 Å². The van der Waals surface area contributed by atoms with E-state index in [0.717, 1.165) is 0 Å². The van der Waals surface area contributed by atoms with E-state index < -0.39 is 5.97 Å². The second kappa shape index (κ2) is 2.30. The number of fused-ring (bicyclic) bond motifs is 1. The third kappa shape index (κ3) is 0.914. The molecule has 0 aromatic carbocycles. The summed E-state index contributed by atoms with van der Waals surface area (Å²) in [6, 6.07) is 1.34. The zero-order valence-corrected chi connectivity index (χ0v) is 5.89. The molecule has 1 N–H and O–H groups in total. The molecule has 0 spiro atoms. The molecule has 0 saturated heterocycles. The van der Waals surface area contributed by atoms with Crippen molar-refractivity contribution in [3.63, 3.8) is 0 Å². The molecule has 0 aliphatic rings. The molecule has 0 bridgehead atoms. The maximum absolute atomic E-state index is 10.4. The number of rotatable bonds is 1. The van der Waals surface area contributed by atoms with E-state index in [4.69, 9.17) is 9.52 Å². The molecule has 0 radical (unpaired) electrons. The molecule has 2 rings (SSSR count). The number of nitrogens with zero attached hydrogens (tertiary/aromatic N) is 2. The Hall–Kier alpha value is -1.91. The zero-order valence-electron chi connectivity index (χ0n) is 5.89. The van der Waals surface area contributed by atoms with E-state index in [9.17, 15) is 4.79 Å². The highest BCUT2D eigenvalue weighted by Gasteiger charge is 2.10. The Labute approximate surface area is 66.7 Å².